The summed E-state index contributed by atoms with van der Waals surface area (Å²) < 4.78 is 70.7. The number of carbonyl (C=O) groups excluding carboxylic acids is 1. The first-order valence-corrected chi connectivity index (χ1v) is 12.4. The van der Waals surface area contributed by atoms with E-state index in [1.54, 1.807) is 60.7 Å². The Labute approximate surface area is 199 Å². The highest BCUT2D eigenvalue weighted by Gasteiger charge is 2.34. The Morgan fingerprint density at radius 2 is 1.47 bits per heavy atom. The Balaban J connectivity index is 1.90. The van der Waals surface area contributed by atoms with Crippen LogP contribution in [0.2, 0.25) is 0 Å². The zero-order chi connectivity index (χ0) is 24.6. The van der Waals surface area contributed by atoms with Gasteiger partial charge >= 0.3 is 19.7 Å². The third-order valence-corrected chi connectivity index (χ3v) is 7.07. The lowest BCUT2D eigenvalue weighted by Gasteiger charge is -2.26. The fourth-order valence-corrected chi connectivity index (χ4v) is 5.72. The molecule has 3 aromatic carbocycles. The Hall–Kier alpha value is -2.94. The highest BCUT2D eigenvalue weighted by atomic mass is 32.2. The van der Waals surface area contributed by atoms with Crippen LogP contribution in [0.15, 0.2) is 89.8 Å². The molecule has 3 rings (SSSR count). The molecule has 0 spiro atoms. The molecular formula is C23H21F3NO5PS. The second-order valence-electron chi connectivity index (χ2n) is 6.89. The minimum Gasteiger partial charge on any atom is -0.468 e. The Morgan fingerprint density at radius 3 is 1.97 bits per heavy atom. The van der Waals surface area contributed by atoms with Crippen LogP contribution >= 0.6 is 19.5 Å². The summed E-state index contributed by atoms with van der Waals surface area (Å²) in [5, 5.41) is 0. The molecule has 0 N–H and O–H groups in total. The van der Waals surface area contributed by atoms with E-state index in [1.807, 2.05) is 0 Å². The van der Waals surface area contributed by atoms with Crippen LogP contribution in [0.25, 0.3) is 0 Å². The first-order chi connectivity index (χ1) is 16.2. The van der Waals surface area contributed by atoms with Gasteiger partial charge in [0.05, 0.1) is 12.7 Å². The van der Waals surface area contributed by atoms with E-state index in [0.29, 0.717) is 0 Å². The molecule has 0 aliphatic heterocycles. The summed E-state index contributed by atoms with van der Waals surface area (Å²) in [5.41, 5.74) is -0.847. The van der Waals surface area contributed by atoms with Gasteiger partial charge in [0.1, 0.15) is 24.3 Å². The Kier molecular flexibility index (Phi) is 8.66. The molecule has 0 bridgehead atoms. The van der Waals surface area contributed by atoms with Gasteiger partial charge in [0, 0.05) is 4.90 Å². The zero-order valence-electron chi connectivity index (χ0n) is 18.0. The zero-order valence-corrected chi connectivity index (χ0v) is 19.7. The third kappa shape index (κ3) is 7.83. The van der Waals surface area contributed by atoms with Gasteiger partial charge in [-0.15, -0.1) is 0 Å². The quantitative estimate of drug-likeness (QED) is 0.175. The van der Waals surface area contributed by atoms with Crippen molar-refractivity contribution in [3.8, 4) is 11.5 Å². The lowest BCUT2D eigenvalue weighted by molar-refractivity contribution is -0.140. The van der Waals surface area contributed by atoms with Crippen LogP contribution in [0.3, 0.4) is 0 Å². The molecule has 0 saturated heterocycles. The summed E-state index contributed by atoms with van der Waals surface area (Å²) in [5.74, 6) is -0.141. The van der Waals surface area contributed by atoms with Crippen LogP contribution in [0.4, 0.5) is 13.2 Å². The van der Waals surface area contributed by atoms with E-state index in [4.69, 9.17) is 13.8 Å². The van der Waals surface area contributed by atoms with E-state index in [0.717, 1.165) is 24.1 Å². The predicted octanol–water partition coefficient (Wildman–Crippen LogP) is 6.50. The fourth-order valence-electron chi connectivity index (χ4n) is 2.75. The van der Waals surface area contributed by atoms with Crippen molar-refractivity contribution in [3.63, 3.8) is 0 Å². The third-order valence-electron chi connectivity index (χ3n) is 4.24. The highest BCUT2D eigenvalue weighted by molar-refractivity contribution is 7.97. The first kappa shape index (κ1) is 25.7. The molecule has 0 fully saturated rings. The van der Waals surface area contributed by atoms with Crippen molar-refractivity contribution in [1.82, 2.24) is 4.31 Å². The molecular weight excluding hydrogens is 490 g/mol. The number of halogens is 3. The number of carbonyl (C=O) groups is 1. The van der Waals surface area contributed by atoms with Crippen molar-refractivity contribution >= 4 is 25.5 Å². The second kappa shape index (κ2) is 11.5. The van der Waals surface area contributed by atoms with E-state index < -0.39 is 31.6 Å². The van der Waals surface area contributed by atoms with Crippen molar-refractivity contribution in [2.75, 3.05) is 19.9 Å². The van der Waals surface area contributed by atoms with Gasteiger partial charge in [0.2, 0.25) is 0 Å². The minimum absolute atomic E-state index is 0.185. The molecule has 0 aromatic heterocycles. The van der Waals surface area contributed by atoms with E-state index in [2.05, 4.69) is 0 Å². The van der Waals surface area contributed by atoms with E-state index in [-0.39, 0.29) is 22.9 Å². The number of nitrogens with zero attached hydrogens (tertiary/aromatic N) is 1. The summed E-state index contributed by atoms with van der Waals surface area (Å²) in [4.78, 5) is 12.2. The maximum absolute atomic E-state index is 13.8. The number of para-hydroxylation sites is 2. The minimum atomic E-state index is -4.54. The van der Waals surface area contributed by atoms with Crippen LogP contribution in [0.1, 0.15) is 5.56 Å². The van der Waals surface area contributed by atoms with Crippen molar-refractivity contribution in [2.45, 2.75) is 11.1 Å². The molecule has 0 saturated carbocycles. The number of methoxy groups -OCH3 is 1. The molecule has 0 unspecified atom stereocenters. The van der Waals surface area contributed by atoms with E-state index in [1.165, 1.54) is 23.5 Å². The van der Waals surface area contributed by atoms with Gasteiger partial charge in [-0.2, -0.15) is 13.2 Å². The number of benzene rings is 3. The average Bonchev–Trinajstić information content (AvgIpc) is 2.79. The van der Waals surface area contributed by atoms with E-state index >= 15 is 0 Å². The standard InChI is InChI=1S/C23H21F3NO5PS/c1-30-22(28)16-27(34-21-14-8-9-18(15-21)23(24,25)26)17-33(29,31-19-10-4-2-5-11-19)32-20-12-6-3-7-13-20/h2-15H,16-17H2,1H3. The molecule has 0 amide bonds. The summed E-state index contributed by atoms with van der Waals surface area (Å²) in [6.07, 6.45) is -4.96. The van der Waals surface area contributed by atoms with Gasteiger partial charge in [-0.1, -0.05) is 42.5 Å². The number of alkyl halides is 3. The van der Waals surface area contributed by atoms with E-state index in [9.17, 15) is 22.5 Å². The number of hydrogen-bond acceptors (Lipinski definition) is 7. The van der Waals surface area contributed by atoms with Crippen LogP contribution in [0.5, 0.6) is 11.5 Å². The molecule has 3 aromatic rings. The van der Waals surface area contributed by atoms with Crippen LogP contribution in [-0.4, -0.2) is 30.2 Å². The molecule has 0 heterocycles. The summed E-state index contributed by atoms with van der Waals surface area (Å²) in [6, 6.07) is 21.2. The number of rotatable bonds is 10. The molecule has 0 radical (unpaired) electrons. The van der Waals surface area contributed by atoms with Gasteiger partial charge in [-0.25, -0.2) is 8.87 Å². The molecule has 180 valence electrons. The summed E-state index contributed by atoms with van der Waals surface area (Å²) in [6.45, 7) is -0.377. The van der Waals surface area contributed by atoms with Crippen molar-refractivity contribution < 1.29 is 36.3 Å². The molecule has 11 heteroatoms. The normalized spacial score (nSPS) is 11.8. The topological polar surface area (TPSA) is 65.1 Å². The SMILES string of the molecule is COC(=O)CN(CP(=O)(Oc1ccccc1)Oc1ccccc1)Sc1cccc(C(F)(F)F)c1. The first-order valence-electron chi connectivity index (χ1n) is 9.92. The molecule has 0 atom stereocenters. The van der Waals surface area contributed by atoms with Gasteiger partial charge < -0.3 is 13.8 Å². The maximum atomic E-state index is 13.8. The van der Waals surface area contributed by atoms with Crippen LogP contribution < -0.4 is 9.05 Å². The average molecular weight is 511 g/mol. The number of esters is 1. The van der Waals surface area contributed by atoms with Crippen molar-refractivity contribution in [3.05, 3.63) is 90.5 Å². The lowest BCUT2D eigenvalue weighted by atomic mass is 10.2. The van der Waals surface area contributed by atoms with Gasteiger partial charge in [-0.3, -0.25) is 4.79 Å². The van der Waals surface area contributed by atoms with Crippen LogP contribution in [0, 0.1) is 0 Å². The van der Waals surface area contributed by atoms with Crippen molar-refractivity contribution in [2.24, 2.45) is 0 Å². The van der Waals surface area contributed by atoms with Crippen molar-refractivity contribution in [1.29, 1.82) is 0 Å². The van der Waals surface area contributed by atoms with Crippen LogP contribution in [-0.2, 0) is 20.3 Å². The highest BCUT2D eigenvalue weighted by Crippen LogP contribution is 2.50. The maximum Gasteiger partial charge on any atom is 0.445 e. The fraction of sp³-hybridized carbons (Fsp3) is 0.174. The largest absolute Gasteiger partial charge is 0.468 e. The lowest BCUT2D eigenvalue weighted by Crippen LogP contribution is -2.27. The molecule has 34 heavy (non-hydrogen) atoms. The monoisotopic (exact) mass is 511 g/mol. The summed E-state index contributed by atoms with van der Waals surface area (Å²) in [7, 11) is -2.82. The summed E-state index contributed by atoms with van der Waals surface area (Å²) >= 11 is 0.811. The molecule has 0 aliphatic rings. The van der Waals surface area contributed by atoms with Gasteiger partial charge in [0.15, 0.2) is 0 Å². The number of hydrogen-bond donors (Lipinski definition) is 0. The predicted molar refractivity (Wildman–Crippen MR) is 123 cm³/mol. The van der Waals surface area contributed by atoms with Gasteiger partial charge in [-0.05, 0) is 54.4 Å². The molecule has 6 nitrogen and oxygen atoms in total. The second-order valence-corrected chi connectivity index (χ2v) is 9.93. The Morgan fingerprint density at radius 1 is 0.912 bits per heavy atom. The Bertz CT molecular complexity index is 1090. The molecule has 0 aliphatic carbocycles. The number of ether oxygens (including phenoxy) is 1. The van der Waals surface area contributed by atoms with Gasteiger partial charge in [0.25, 0.3) is 0 Å². The smallest absolute Gasteiger partial charge is 0.445 e.